The number of hydrogen-bond acceptors (Lipinski definition) is 3. The van der Waals surface area contributed by atoms with Crippen LogP contribution in [0.15, 0.2) is 30.3 Å². The van der Waals surface area contributed by atoms with Crippen molar-refractivity contribution in [2.24, 2.45) is 5.41 Å². The van der Waals surface area contributed by atoms with Gasteiger partial charge >= 0.3 is 5.97 Å². The summed E-state index contributed by atoms with van der Waals surface area (Å²) in [5, 5.41) is 12.8. The Morgan fingerprint density at radius 2 is 2.00 bits per heavy atom. The number of aliphatic carboxylic acids is 1. The molecule has 0 saturated heterocycles. The molecule has 0 fully saturated rings. The Labute approximate surface area is 123 Å². The Morgan fingerprint density at radius 1 is 1.33 bits per heavy atom. The van der Waals surface area contributed by atoms with Gasteiger partial charge in [0.1, 0.15) is 5.41 Å². The van der Waals surface area contributed by atoms with Gasteiger partial charge in [-0.25, -0.2) is 0 Å². The van der Waals surface area contributed by atoms with Gasteiger partial charge in [-0.15, -0.1) is 0 Å². The summed E-state index contributed by atoms with van der Waals surface area (Å²) in [4.78, 5) is 28.0. The summed E-state index contributed by atoms with van der Waals surface area (Å²) < 4.78 is 0. The largest absolute Gasteiger partial charge is 0.480 e. The third-order valence-corrected chi connectivity index (χ3v) is 3.67. The molecule has 5 nitrogen and oxygen atoms in total. The molecule has 0 spiro atoms. The summed E-state index contributed by atoms with van der Waals surface area (Å²) in [7, 11) is 1.44. The average Bonchev–Trinajstić information content (AvgIpc) is 2.45. The minimum atomic E-state index is -1.51. The lowest BCUT2D eigenvalue weighted by molar-refractivity contribution is -0.154. The third-order valence-electron chi connectivity index (χ3n) is 3.67. The molecule has 1 amide bonds. The lowest BCUT2D eigenvalue weighted by atomic mass is 9.81. The van der Waals surface area contributed by atoms with Crippen molar-refractivity contribution in [3.8, 4) is 0 Å². The van der Waals surface area contributed by atoms with Gasteiger partial charge in [0, 0.05) is 18.1 Å². The lowest BCUT2D eigenvalue weighted by Crippen LogP contribution is -2.44. The first-order chi connectivity index (χ1) is 9.88. The summed E-state index contributed by atoms with van der Waals surface area (Å²) in [6.45, 7) is 3.30. The van der Waals surface area contributed by atoms with Crippen LogP contribution in [0.3, 0.4) is 0 Å². The zero-order valence-electron chi connectivity index (χ0n) is 12.3. The van der Waals surface area contributed by atoms with E-state index in [1.807, 2.05) is 37.3 Å². The second-order valence-electron chi connectivity index (χ2n) is 5.33. The number of fused-ring (bicyclic) bond motifs is 1. The number of carboxylic acids is 1. The van der Waals surface area contributed by atoms with E-state index in [1.54, 1.807) is 0 Å². The molecule has 0 bridgehead atoms. The highest BCUT2D eigenvalue weighted by Gasteiger charge is 2.41. The minimum Gasteiger partial charge on any atom is -0.480 e. The van der Waals surface area contributed by atoms with Gasteiger partial charge in [-0.3, -0.25) is 14.6 Å². The van der Waals surface area contributed by atoms with Crippen LogP contribution < -0.4 is 5.32 Å². The van der Waals surface area contributed by atoms with Gasteiger partial charge in [-0.05, 0) is 38.0 Å². The fraction of sp³-hybridized carbons (Fsp3) is 0.312. The van der Waals surface area contributed by atoms with Crippen molar-refractivity contribution < 1.29 is 14.7 Å². The molecule has 110 valence electrons. The van der Waals surface area contributed by atoms with Crippen LogP contribution in [-0.4, -0.2) is 29.0 Å². The van der Waals surface area contributed by atoms with Gasteiger partial charge < -0.3 is 10.4 Å². The molecule has 21 heavy (non-hydrogen) atoms. The molecule has 1 aromatic heterocycles. The number of nitrogens with one attached hydrogen (secondary N) is 1. The Hall–Kier alpha value is -2.43. The van der Waals surface area contributed by atoms with E-state index >= 15 is 0 Å². The number of carboxylic acid groups (broad SMARTS) is 1. The van der Waals surface area contributed by atoms with Gasteiger partial charge in [0.2, 0.25) is 5.91 Å². The molecule has 1 unspecified atom stereocenters. The van der Waals surface area contributed by atoms with Crippen molar-refractivity contribution in [1.82, 2.24) is 10.3 Å². The standard InChI is InChI=1S/C16H18N2O3/c1-10-8-11(12-6-4-5-7-13(12)18-10)9-16(2,15(20)21)14(19)17-3/h4-8H,9H2,1-3H3,(H,17,19)(H,20,21). The minimum absolute atomic E-state index is 0.117. The Balaban J connectivity index is 2.56. The molecular weight excluding hydrogens is 268 g/mol. The SMILES string of the molecule is CNC(=O)C(C)(Cc1cc(C)nc2ccccc12)C(=O)O. The molecule has 1 heterocycles. The molecular formula is C16H18N2O3. The van der Waals surface area contributed by atoms with Crippen LogP contribution in [0.1, 0.15) is 18.2 Å². The van der Waals surface area contributed by atoms with E-state index < -0.39 is 17.3 Å². The number of rotatable bonds is 4. The van der Waals surface area contributed by atoms with Crippen LogP contribution in [0.25, 0.3) is 10.9 Å². The predicted molar refractivity (Wildman–Crippen MR) is 80.0 cm³/mol. The van der Waals surface area contributed by atoms with E-state index in [0.29, 0.717) is 0 Å². The smallest absolute Gasteiger partial charge is 0.319 e. The monoisotopic (exact) mass is 286 g/mol. The molecule has 1 atom stereocenters. The second-order valence-corrected chi connectivity index (χ2v) is 5.33. The van der Waals surface area contributed by atoms with E-state index in [4.69, 9.17) is 0 Å². The number of pyridine rings is 1. The quantitative estimate of drug-likeness (QED) is 0.842. The number of benzene rings is 1. The first-order valence-electron chi connectivity index (χ1n) is 6.69. The zero-order chi connectivity index (χ0) is 15.6. The molecule has 5 heteroatoms. The van der Waals surface area contributed by atoms with Crippen LogP contribution in [0, 0.1) is 12.3 Å². The topological polar surface area (TPSA) is 79.3 Å². The molecule has 2 rings (SSSR count). The number of carbonyl (C=O) groups excluding carboxylic acids is 1. The normalized spacial score (nSPS) is 13.7. The molecule has 2 aromatic rings. The van der Waals surface area contributed by atoms with Gasteiger partial charge in [0.05, 0.1) is 5.52 Å². The van der Waals surface area contributed by atoms with Crippen LogP contribution in [0.2, 0.25) is 0 Å². The number of para-hydroxylation sites is 1. The molecule has 0 aliphatic rings. The summed E-state index contributed by atoms with van der Waals surface area (Å²) >= 11 is 0. The second kappa shape index (κ2) is 5.52. The summed E-state index contributed by atoms with van der Waals surface area (Å²) in [6, 6.07) is 9.37. The van der Waals surface area contributed by atoms with Crippen molar-refractivity contribution in [2.75, 3.05) is 7.05 Å². The van der Waals surface area contributed by atoms with Crippen molar-refractivity contribution in [1.29, 1.82) is 0 Å². The fourth-order valence-corrected chi connectivity index (χ4v) is 2.45. The van der Waals surface area contributed by atoms with Crippen molar-refractivity contribution in [3.05, 3.63) is 41.6 Å². The lowest BCUT2D eigenvalue weighted by Gasteiger charge is -2.23. The zero-order valence-corrected chi connectivity index (χ0v) is 12.3. The molecule has 0 aliphatic heterocycles. The number of hydrogen-bond donors (Lipinski definition) is 2. The van der Waals surface area contributed by atoms with Crippen molar-refractivity contribution >= 4 is 22.8 Å². The summed E-state index contributed by atoms with van der Waals surface area (Å²) in [5.41, 5.74) is 0.905. The first-order valence-corrected chi connectivity index (χ1v) is 6.69. The summed E-state index contributed by atoms with van der Waals surface area (Å²) in [6.07, 6.45) is 0.117. The van der Waals surface area contributed by atoms with Gasteiger partial charge in [-0.2, -0.15) is 0 Å². The highest BCUT2D eigenvalue weighted by molar-refractivity contribution is 6.02. The van der Waals surface area contributed by atoms with Crippen molar-refractivity contribution in [2.45, 2.75) is 20.3 Å². The summed E-state index contributed by atoms with van der Waals surface area (Å²) in [5.74, 6) is -1.64. The van der Waals surface area contributed by atoms with Gasteiger partial charge in [0.25, 0.3) is 0 Å². The van der Waals surface area contributed by atoms with E-state index in [2.05, 4.69) is 10.3 Å². The maximum atomic E-state index is 12.0. The average molecular weight is 286 g/mol. The van der Waals surface area contributed by atoms with E-state index in [9.17, 15) is 14.7 Å². The number of aryl methyl sites for hydroxylation is 1. The fourth-order valence-electron chi connectivity index (χ4n) is 2.45. The van der Waals surface area contributed by atoms with E-state index in [-0.39, 0.29) is 6.42 Å². The Bertz CT molecular complexity index is 712. The van der Waals surface area contributed by atoms with E-state index in [1.165, 1.54) is 14.0 Å². The van der Waals surface area contributed by atoms with Crippen LogP contribution in [-0.2, 0) is 16.0 Å². The molecule has 1 aromatic carbocycles. The molecule has 0 saturated carbocycles. The number of carbonyl (C=O) groups is 2. The Kier molecular flexibility index (Phi) is 3.93. The predicted octanol–water partition coefficient (Wildman–Crippen LogP) is 1.92. The first kappa shape index (κ1) is 15.0. The van der Waals surface area contributed by atoms with Crippen molar-refractivity contribution in [3.63, 3.8) is 0 Å². The number of nitrogens with zero attached hydrogens (tertiary/aromatic N) is 1. The molecule has 0 radical (unpaired) electrons. The van der Waals surface area contributed by atoms with Gasteiger partial charge in [-0.1, -0.05) is 18.2 Å². The highest BCUT2D eigenvalue weighted by Crippen LogP contribution is 2.28. The number of aromatic nitrogens is 1. The van der Waals surface area contributed by atoms with Gasteiger partial charge in [0.15, 0.2) is 0 Å². The number of amides is 1. The van der Waals surface area contributed by atoms with Crippen LogP contribution >= 0.6 is 0 Å². The third kappa shape index (κ3) is 2.72. The van der Waals surface area contributed by atoms with E-state index in [0.717, 1.165) is 22.2 Å². The Morgan fingerprint density at radius 3 is 2.62 bits per heavy atom. The molecule has 0 aliphatic carbocycles. The van der Waals surface area contributed by atoms with Crippen LogP contribution in [0.4, 0.5) is 0 Å². The maximum Gasteiger partial charge on any atom is 0.319 e. The molecule has 2 N–H and O–H groups in total. The highest BCUT2D eigenvalue weighted by atomic mass is 16.4. The van der Waals surface area contributed by atoms with Crippen LogP contribution in [0.5, 0.6) is 0 Å². The maximum absolute atomic E-state index is 12.0.